The van der Waals surface area contributed by atoms with E-state index < -0.39 is 12.0 Å². The van der Waals surface area contributed by atoms with Crippen LogP contribution in [0.2, 0.25) is 0 Å². The average molecular weight is 309 g/mol. The molecule has 1 aromatic heterocycles. The largest absolute Gasteiger partial charge is 0.480 e. The van der Waals surface area contributed by atoms with Gasteiger partial charge in [-0.25, -0.2) is 4.79 Å². The maximum absolute atomic E-state index is 12.1. The van der Waals surface area contributed by atoms with E-state index in [1.807, 2.05) is 19.9 Å². The normalized spacial score (nSPS) is 18.0. The minimum atomic E-state index is -0.962. The van der Waals surface area contributed by atoms with Crippen LogP contribution in [0.1, 0.15) is 45.8 Å². The van der Waals surface area contributed by atoms with Crippen molar-refractivity contribution >= 4 is 29.0 Å². The van der Waals surface area contributed by atoms with Gasteiger partial charge in [-0.3, -0.25) is 9.59 Å². The summed E-state index contributed by atoms with van der Waals surface area (Å²) in [6.45, 7) is 4.31. The van der Waals surface area contributed by atoms with Crippen LogP contribution >= 0.6 is 11.3 Å². The van der Waals surface area contributed by atoms with Crippen molar-refractivity contribution in [3.05, 3.63) is 21.4 Å². The molecule has 114 valence electrons. The number of carboxylic acid groups (broad SMARTS) is 1. The number of nitrogens with zero attached hydrogens (tertiary/aromatic N) is 1. The molecule has 1 atom stereocenters. The van der Waals surface area contributed by atoms with Gasteiger partial charge in [0, 0.05) is 34.7 Å². The molecule has 0 aliphatic carbocycles. The Bertz CT molecular complexity index is 578. The Morgan fingerprint density at radius 1 is 1.33 bits per heavy atom. The minimum absolute atomic E-state index is 0.0451. The van der Waals surface area contributed by atoms with E-state index in [4.69, 9.17) is 5.11 Å². The van der Waals surface area contributed by atoms with Gasteiger partial charge in [-0.1, -0.05) is 0 Å². The first-order valence-electron chi connectivity index (χ1n) is 7.02. The fourth-order valence-corrected chi connectivity index (χ4v) is 3.67. The Hall–Kier alpha value is -1.69. The molecule has 0 spiro atoms. The first-order valence-corrected chi connectivity index (χ1v) is 7.84. The molecule has 0 bridgehead atoms. The summed E-state index contributed by atoms with van der Waals surface area (Å²) in [6, 6.07) is 1.13. The van der Waals surface area contributed by atoms with Crippen molar-refractivity contribution in [2.24, 2.45) is 0 Å². The molecule has 0 aromatic carbocycles. The summed E-state index contributed by atoms with van der Waals surface area (Å²) < 4.78 is 0. The van der Waals surface area contributed by atoms with Gasteiger partial charge in [-0.05, 0) is 32.8 Å². The van der Waals surface area contributed by atoms with Crippen molar-refractivity contribution < 1.29 is 19.5 Å². The number of rotatable bonds is 5. The number of carboxylic acids is 1. The zero-order chi connectivity index (χ0) is 15.6. The zero-order valence-corrected chi connectivity index (χ0v) is 13.0. The lowest BCUT2D eigenvalue weighted by molar-refractivity contribution is -0.148. The van der Waals surface area contributed by atoms with E-state index >= 15 is 0 Å². The fraction of sp³-hybridized carbons (Fsp3) is 0.533. The van der Waals surface area contributed by atoms with Crippen molar-refractivity contribution in [1.29, 1.82) is 0 Å². The summed E-state index contributed by atoms with van der Waals surface area (Å²) >= 11 is 1.57. The molecule has 0 unspecified atom stereocenters. The topological polar surface area (TPSA) is 74.7 Å². The van der Waals surface area contributed by atoms with Crippen LogP contribution in [0, 0.1) is 13.8 Å². The fourth-order valence-electron chi connectivity index (χ4n) is 2.73. The molecule has 1 fully saturated rings. The summed E-state index contributed by atoms with van der Waals surface area (Å²) in [5.41, 5.74) is 0.682. The summed E-state index contributed by atoms with van der Waals surface area (Å²) in [5.74, 6) is -1.24. The predicted molar refractivity (Wildman–Crippen MR) is 79.7 cm³/mol. The predicted octanol–water partition coefficient (Wildman–Crippen LogP) is 2.40. The first kappa shape index (κ1) is 15.7. The van der Waals surface area contributed by atoms with E-state index in [0.29, 0.717) is 24.9 Å². The van der Waals surface area contributed by atoms with Crippen LogP contribution in [0.25, 0.3) is 0 Å². The molecule has 1 aromatic rings. The lowest BCUT2D eigenvalue weighted by Gasteiger charge is -2.21. The monoisotopic (exact) mass is 309 g/mol. The van der Waals surface area contributed by atoms with Gasteiger partial charge in [0.2, 0.25) is 5.91 Å². The van der Waals surface area contributed by atoms with E-state index in [9.17, 15) is 14.4 Å². The lowest BCUT2D eigenvalue weighted by atomic mass is 10.1. The molecule has 5 nitrogen and oxygen atoms in total. The molecular weight excluding hydrogens is 290 g/mol. The Kier molecular flexibility index (Phi) is 4.77. The van der Waals surface area contributed by atoms with E-state index in [2.05, 4.69) is 0 Å². The van der Waals surface area contributed by atoms with Gasteiger partial charge in [-0.2, -0.15) is 0 Å². The number of Topliss-reactive ketones (excluding diaryl/α,β-unsaturated/α-hetero) is 1. The van der Waals surface area contributed by atoms with E-state index in [1.165, 1.54) is 4.90 Å². The molecule has 2 heterocycles. The van der Waals surface area contributed by atoms with Crippen LogP contribution in [0.4, 0.5) is 0 Å². The number of amides is 1. The average Bonchev–Trinajstić information content (AvgIpc) is 3.02. The second-order valence-electron chi connectivity index (χ2n) is 5.33. The lowest BCUT2D eigenvalue weighted by Crippen LogP contribution is -2.40. The minimum Gasteiger partial charge on any atom is -0.480 e. The van der Waals surface area contributed by atoms with Crippen LogP contribution in [0.3, 0.4) is 0 Å². The highest BCUT2D eigenvalue weighted by atomic mass is 32.1. The Morgan fingerprint density at radius 2 is 2.05 bits per heavy atom. The Labute approximate surface area is 127 Å². The number of likely N-dealkylation sites (tertiary alicyclic amines) is 1. The van der Waals surface area contributed by atoms with Crippen molar-refractivity contribution in [1.82, 2.24) is 4.90 Å². The highest BCUT2D eigenvalue weighted by molar-refractivity contribution is 7.12. The van der Waals surface area contributed by atoms with Crippen molar-refractivity contribution in [3.63, 3.8) is 0 Å². The number of carbonyl (C=O) groups excluding carboxylic acids is 2. The zero-order valence-electron chi connectivity index (χ0n) is 12.2. The van der Waals surface area contributed by atoms with Crippen molar-refractivity contribution in [2.45, 2.75) is 45.6 Å². The maximum Gasteiger partial charge on any atom is 0.326 e. The standard InChI is InChI=1S/C15H19NO4S/c1-9-8-11(10(2)21-9)13(17)5-6-14(18)16-7-3-4-12(16)15(19)20/h8,12H,3-7H2,1-2H3,(H,19,20)/t12-/m1/s1. The van der Waals surface area contributed by atoms with Gasteiger partial charge >= 0.3 is 5.97 Å². The van der Waals surface area contributed by atoms with Crippen LogP contribution < -0.4 is 0 Å². The second kappa shape index (κ2) is 6.39. The molecule has 1 amide bonds. The van der Waals surface area contributed by atoms with Gasteiger partial charge in [0.05, 0.1) is 0 Å². The SMILES string of the molecule is Cc1cc(C(=O)CCC(=O)N2CCC[C@@H]2C(=O)O)c(C)s1. The molecule has 1 N–H and O–H groups in total. The van der Waals surface area contributed by atoms with E-state index in [-0.39, 0.29) is 24.5 Å². The van der Waals surface area contributed by atoms with Crippen molar-refractivity contribution in [3.8, 4) is 0 Å². The van der Waals surface area contributed by atoms with E-state index in [0.717, 1.165) is 9.75 Å². The van der Waals surface area contributed by atoms with Gasteiger partial charge in [-0.15, -0.1) is 11.3 Å². The summed E-state index contributed by atoms with van der Waals surface area (Å²) in [4.78, 5) is 38.7. The van der Waals surface area contributed by atoms with Gasteiger partial charge in [0.1, 0.15) is 6.04 Å². The van der Waals surface area contributed by atoms with Crippen LogP contribution in [-0.2, 0) is 9.59 Å². The van der Waals surface area contributed by atoms with Crippen LogP contribution in [0.15, 0.2) is 6.07 Å². The number of ketones is 1. The highest BCUT2D eigenvalue weighted by Gasteiger charge is 2.33. The molecule has 2 rings (SSSR count). The molecule has 6 heteroatoms. The summed E-state index contributed by atoms with van der Waals surface area (Å²) in [7, 11) is 0. The molecule has 1 aliphatic heterocycles. The number of thiophene rings is 1. The highest BCUT2D eigenvalue weighted by Crippen LogP contribution is 2.23. The molecule has 1 saturated heterocycles. The maximum atomic E-state index is 12.1. The number of carbonyl (C=O) groups is 3. The Balaban J connectivity index is 1.93. The Morgan fingerprint density at radius 3 is 2.62 bits per heavy atom. The van der Waals surface area contributed by atoms with E-state index in [1.54, 1.807) is 11.3 Å². The number of aryl methyl sites for hydroxylation is 2. The molecule has 21 heavy (non-hydrogen) atoms. The van der Waals surface area contributed by atoms with Crippen molar-refractivity contribution in [2.75, 3.05) is 6.54 Å². The van der Waals surface area contributed by atoms with Gasteiger partial charge in [0.15, 0.2) is 5.78 Å². The third-order valence-electron chi connectivity index (χ3n) is 3.77. The quantitative estimate of drug-likeness (QED) is 0.848. The smallest absolute Gasteiger partial charge is 0.326 e. The summed E-state index contributed by atoms with van der Waals surface area (Å²) in [6.07, 6.45) is 1.42. The molecular formula is C15H19NO4S. The van der Waals surface area contributed by atoms with Gasteiger partial charge < -0.3 is 10.0 Å². The third-order valence-corrected chi connectivity index (χ3v) is 4.73. The van der Waals surface area contributed by atoms with Gasteiger partial charge in [0.25, 0.3) is 0 Å². The molecule has 0 saturated carbocycles. The van der Waals surface area contributed by atoms with Crippen LogP contribution in [-0.4, -0.2) is 40.3 Å². The number of hydrogen-bond acceptors (Lipinski definition) is 4. The summed E-state index contributed by atoms with van der Waals surface area (Å²) in [5, 5.41) is 9.07. The molecule has 0 radical (unpaired) electrons. The second-order valence-corrected chi connectivity index (χ2v) is 6.79. The number of aliphatic carboxylic acids is 1. The number of hydrogen-bond donors (Lipinski definition) is 1. The molecule has 1 aliphatic rings. The first-order chi connectivity index (χ1) is 9.90. The van der Waals surface area contributed by atoms with Crippen LogP contribution in [0.5, 0.6) is 0 Å². The third kappa shape index (κ3) is 3.50.